The van der Waals surface area contributed by atoms with Crippen LogP contribution in [0, 0.1) is 5.92 Å². The minimum absolute atomic E-state index is 0.0298. The van der Waals surface area contributed by atoms with Gasteiger partial charge in [0.05, 0.1) is 19.4 Å². The van der Waals surface area contributed by atoms with E-state index in [1.54, 1.807) is 0 Å². The number of fused-ring (bicyclic) bond motifs is 1. The molecule has 1 heterocycles. The Labute approximate surface area is 106 Å². The van der Waals surface area contributed by atoms with Crippen molar-refractivity contribution in [1.82, 2.24) is 0 Å². The van der Waals surface area contributed by atoms with E-state index in [0.29, 0.717) is 12.8 Å². The summed E-state index contributed by atoms with van der Waals surface area (Å²) in [7, 11) is 1.41. The molecule has 1 N–H and O–H groups in total. The molecule has 1 amide bonds. The smallest absolute Gasteiger partial charge is 0.308 e. The van der Waals surface area contributed by atoms with E-state index in [4.69, 9.17) is 4.74 Å². The third-order valence-corrected chi connectivity index (χ3v) is 3.30. The summed E-state index contributed by atoms with van der Waals surface area (Å²) in [5, 5.41) is 2.80. The minimum Gasteiger partial charge on any atom is -0.469 e. The van der Waals surface area contributed by atoms with E-state index < -0.39 is 0 Å². The van der Waals surface area contributed by atoms with Gasteiger partial charge >= 0.3 is 5.97 Å². The first-order valence-electron chi connectivity index (χ1n) is 6.13. The molecule has 1 aliphatic rings. The zero-order valence-electron chi connectivity index (χ0n) is 10.7. The molecule has 4 heteroatoms. The first-order chi connectivity index (χ1) is 8.63. The molecule has 18 heavy (non-hydrogen) atoms. The molecule has 96 valence electrons. The monoisotopic (exact) mass is 247 g/mol. The highest BCUT2D eigenvalue weighted by Crippen LogP contribution is 2.25. The fourth-order valence-corrected chi connectivity index (χ4v) is 2.26. The van der Waals surface area contributed by atoms with Gasteiger partial charge < -0.3 is 10.1 Å². The Balaban J connectivity index is 2.13. The number of ether oxygens (including phenoxy) is 1. The lowest BCUT2D eigenvalue weighted by atomic mass is 9.95. The Morgan fingerprint density at radius 1 is 1.50 bits per heavy atom. The van der Waals surface area contributed by atoms with E-state index in [0.717, 1.165) is 23.2 Å². The van der Waals surface area contributed by atoms with Gasteiger partial charge in [-0.3, -0.25) is 9.59 Å². The highest BCUT2D eigenvalue weighted by molar-refractivity contribution is 5.99. The van der Waals surface area contributed by atoms with Crippen molar-refractivity contribution in [3.05, 3.63) is 29.3 Å². The second-order valence-corrected chi connectivity index (χ2v) is 4.55. The SMILES string of the molecule is CCC(Cc1ccc2c(c1)CC(=O)N2)C(=O)OC. The molecule has 0 spiro atoms. The molecule has 1 aromatic carbocycles. The maximum atomic E-state index is 11.5. The number of rotatable bonds is 4. The predicted octanol–water partition coefficient (Wildman–Crippen LogP) is 1.92. The van der Waals surface area contributed by atoms with Crippen molar-refractivity contribution in [2.24, 2.45) is 5.92 Å². The molecule has 0 fully saturated rings. The van der Waals surface area contributed by atoms with E-state index in [1.807, 2.05) is 25.1 Å². The van der Waals surface area contributed by atoms with Crippen LogP contribution in [0.5, 0.6) is 0 Å². The summed E-state index contributed by atoms with van der Waals surface area (Å²) in [6, 6.07) is 5.86. The Hall–Kier alpha value is -1.84. The Kier molecular flexibility index (Phi) is 3.65. The molecule has 4 nitrogen and oxygen atoms in total. The fourth-order valence-electron chi connectivity index (χ4n) is 2.26. The molecular formula is C14H17NO3. The number of carbonyl (C=O) groups excluding carboxylic acids is 2. The van der Waals surface area contributed by atoms with Crippen LogP contribution in [-0.2, 0) is 27.2 Å². The summed E-state index contributed by atoms with van der Waals surface area (Å²) in [5.41, 5.74) is 2.97. The Bertz CT molecular complexity index is 482. The van der Waals surface area contributed by atoms with Gasteiger partial charge in [-0.2, -0.15) is 0 Å². The Morgan fingerprint density at radius 3 is 2.94 bits per heavy atom. The van der Waals surface area contributed by atoms with E-state index in [-0.39, 0.29) is 17.8 Å². The maximum Gasteiger partial charge on any atom is 0.308 e. The average Bonchev–Trinajstić information content (AvgIpc) is 2.74. The van der Waals surface area contributed by atoms with E-state index in [1.165, 1.54) is 7.11 Å². The Morgan fingerprint density at radius 2 is 2.28 bits per heavy atom. The summed E-state index contributed by atoms with van der Waals surface area (Å²) in [6.07, 6.45) is 1.84. The molecule has 1 unspecified atom stereocenters. The first kappa shape index (κ1) is 12.6. The van der Waals surface area contributed by atoms with Crippen molar-refractivity contribution >= 4 is 17.6 Å². The zero-order valence-corrected chi connectivity index (χ0v) is 10.7. The van der Waals surface area contributed by atoms with Crippen LogP contribution in [0.15, 0.2) is 18.2 Å². The fraction of sp³-hybridized carbons (Fsp3) is 0.429. The van der Waals surface area contributed by atoms with Crippen LogP contribution in [0.3, 0.4) is 0 Å². The number of anilines is 1. The van der Waals surface area contributed by atoms with Crippen LogP contribution in [0.4, 0.5) is 5.69 Å². The minimum atomic E-state index is -0.174. The summed E-state index contributed by atoms with van der Waals surface area (Å²) in [5.74, 6) is -0.257. The lowest BCUT2D eigenvalue weighted by Gasteiger charge is -2.12. The number of hydrogen-bond acceptors (Lipinski definition) is 3. The van der Waals surface area contributed by atoms with Gasteiger partial charge in [0.1, 0.15) is 0 Å². The summed E-state index contributed by atoms with van der Waals surface area (Å²) >= 11 is 0. The number of carbonyl (C=O) groups is 2. The molecule has 0 saturated heterocycles. The second kappa shape index (κ2) is 5.21. The van der Waals surface area contributed by atoms with Crippen LogP contribution < -0.4 is 5.32 Å². The molecule has 0 radical (unpaired) electrons. The third kappa shape index (κ3) is 2.53. The standard InChI is InChI=1S/C14H17NO3/c1-3-10(14(17)18-2)6-9-4-5-12-11(7-9)8-13(16)15-12/h4-5,7,10H,3,6,8H2,1-2H3,(H,15,16). The van der Waals surface area contributed by atoms with Crippen molar-refractivity contribution in [3.8, 4) is 0 Å². The molecule has 2 rings (SSSR count). The number of nitrogens with one attached hydrogen (secondary N) is 1. The summed E-state index contributed by atoms with van der Waals surface area (Å²) in [4.78, 5) is 22.8. The molecule has 0 aromatic heterocycles. The van der Waals surface area contributed by atoms with Crippen molar-refractivity contribution in [2.75, 3.05) is 12.4 Å². The second-order valence-electron chi connectivity index (χ2n) is 4.55. The van der Waals surface area contributed by atoms with Gasteiger partial charge in [-0.05, 0) is 30.0 Å². The quantitative estimate of drug-likeness (QED) is 0.827. The van der Waals surface area contributed by atoms with E-state index in [2.05, 4.69) is 5.32 Å². The molecule has 1 aromatic rings. The summed E-state index contributed by atoms with van der Waals surface area (Å²) < 4.78 is 4.78. The number of hydrogen-bond donors (Lipinski definition) is 1. The average molecular weight is 247 g/mol. The topological polar surface area (TPSA) is 55.4 Å². The van der Waals surface area contributed by atoms with Crippen LogP contribution >= 0.6 is 0 Å². The zero-order chi connectivity index (χ0) is 13.1. The van der Waals surface area contributed by atoms with Crippen molar-refractivity contribution in [2.45, 2.75) is 26.2 Å². The van der Waals surface area contributed by atoms with Crippen LogP contribution in [0.2, 0.25) is 0 Å². The molecule has 1 aliphatic heterocycles. The molecule has 1 atom stereocenters. The van der Waals surface area contributed by atoms with Crippen molar-refractivity contribution < 1.29 is 14.3 Å². The maximum absolute atomic E-state index is 11.5. The number of benzene rings is 1. The van der Waals surface area contributed by atoms with Crippen LogP contribution in [0.25, 0.3) is 0 Å². The third-order valence-electron chi connectivity index (χ3n) is 3.30. The van der Waals surface area contributed by atoms with Gasteiger partial charge in [0.2, 0.25) is 5.91 Å². The lowest BCUT2D eigenvalue weighted by Crippen LogP contribution is -2.17. The van der Waals surface area contributed by atoms with Gasteiger partial charge in [0, 0.05) is 5.69 Å². The molecule has 0 bridgehead atoms. The van der Waals surface area contributed by atoms with Gasteiger partial charge in [-0.15, -0.1) is 0 Å². The largest absolute Gasteiger partial charge is 0.469 e. The van der Waals surface area contributed by atoms with Gasteiger partial charge in [-0.25, -0.2) is 0 Å². The van der Waals surface area contributed by atoms with Crippen molar-refractivity contribution in [1.29, 1.82) is 0 Å². The van der Waals surface area contributed by atoms with Gasteiger partial charge in [0.15, 0.2) is 0 Å². The van der Waals surface area contributed by atoms with Gasteiger partial charge in [0.25, 0.3) is 0 Å². The number of esters is 1. The normalized spacial score (nSPS) is 14.9. The number of amides is 1. The number of methoxy groups -OCH3 is 1. The van der Waals surface area contributed by atoms with E-state index in [9.17, 15) is 9.59 Å². The molecular weight excluding hydrogens is 230 g/mol. The predicted molar refractivity (Wildman–Crippen MR) is 68.3 cm³/mol. The van der Waals surface area contributed by atoms with Gasteiger partial charge in [-0.1, -0.05) is 19.1 Å². The van der Waals surface area contributed by atoms with Crippen LogP contribution in [-0.4, -0.2) is 19.0 Å². The van der Waals surface area contributed by atoms with Crippen molar-refractivity contribution in [3.63, 3.8) is 0 Å². The highest BCUT2D eigenvalue weighted by Gasteiger charge is 2.20. The molecule has 0 saturated carbocycles. The summed E-state index contributed by atoms with van der Waals surface area (Å²) in [6.45, 7) is 1.97. The highest BCUT2D eigenvalue weighted by atomic mass is 16.5. The lowest BCUT2D eigenvalue weighted by molar-refractivity contribution is -0.145. The first-order valence-corrected chi connectivity index (χ1v) is 6.13. The van der Waals surface area contributed by atoms with E-state index >= 15 is 0 Å². The molecule has 0 aliphatic carbocycles. The van der Waals surface area contributed by atoms with Crippen LogP contribution in [0.1, 0.15) is 24.5 Å².